The highest BCUT2D eigenvalue weighted by Crippen LogP contribution is 2.59. The van der Waals surface area contributed by atoms with Gasteiger partial charge in [-0.2, -0.15) is 26.3 Å². The first kappa shape index (κ1) is 54.7. The number of para-hydroxylation sites is 1. The molecule has 0 aliphatic rings. The molecule has 0 aromatic heterocycles. The molecular weight excluding hydrogens is 919 g/mol. The molecule has 0 unspecified atom stereocenters. The summed E-state index contributed by atoms with van der Waals surface area (Å²) in [6, 6.07) is 45.1. The molecule has 67 heavy (non-hydrogen) atoms. The summed E-state index contributed by atoms with van der Waals surface area (Å²) >= 11 is 0. The highest BCUT2D eigenvalue weighted by Gasteiger charge is 2.44. The van der Waals surface area contributed by atoms with Crippen molar-refractivity contribution in [3.8, 4) is 0 Å². The van der Waals surface area contributed by atoms with Gasteiger partial charge >= 0.3 is 12.4 Å². The number of rotatable bonds is 27. The summed E-state index contributed by atoms with van der Waals surface area (Å²) in [5.74, 6) is 0. The van der Waals surface area contributed by atoms with Gasteiger partial charge in [-0.25, -0.2) is 0 Å². The number of hydrogen-bond acceptors (Lipinski definition) is 1. The molecule has 11 heteroatoms. The maximum absolute atomic E-state index is 15.4. The molecule has 5 aromatic carbocycles. The van der Waals surface area contributed by atoms with E-state index in [1.165, 1.54) is 122 Å². The second kappa shape index (κ2) is 26.1. The fourth-order valence-corrected chi connectivity index (χ4v) is 27.4. The third kappa shape index (κ3) is 14.0. The Bertz CT molecular complexity index is 2020. The normalized spacial score (nSPS) is 12.6. The van der Waals surface area contributed by atoms with E-state index in [0.717, 1.165) is 61.3 Å². The van der Waals surface area contributed by atoms with Gasteiger partial charge in [0.1, 0.15) is 0 Å². The fraction of sp³-hybridized carbons (Fsp3) is 0.464. The lowest BCUT2D eigenvalue weighted by molar-refractivity contribution is -0.137. The van der Waals surface area contributed by atoms with Crippen molar-refractivity contribution in [1.82, 2.24) is 0 Å². The summed E-state index contributed by atoms with van der Waals surface area (Å²) in [5, 5.41) is 4.34. The Morgan fingerprint density at radius 2 is 0.672 bits per heavy atom. The molecule has 5 aromatic rings. The van der Waals surface area contributed by atoms with Gasteiger partial charge in [0.25, 0.3) is 0 Å². The van der Waals surface area contributed by atoms with Crippen molar-refractivity contribution in [2.45, 2.75) is 167 Å². The Kier molecular flexibility index (Phi) is 21.3. The Morgan fingerprint density at radius 1 is 0.373 bits per heavy atom. The smallest absolute Gasteiger partial charge is 0.313 e. The highest BCUT2D eigenvalue weighted by molar-refractivity contribution is 7.91. The molecule has 0 N–H and O–H groups in total. The molecule has 0 saturated heterocycles. The molecule has 0 aliphatic carbocycles. The molecule has 0 aliphatic heterocycles. The van der Waals surface area contributed by atoms with Crippen molar-refractivity contribution >= 4 is 69.6 Å². The predicted octanol–water partition coefficient (Wildman–Crippen LogP) is 16.7. The molecule has 0 saturated carbocycles. The van der Waals surface area contributed by atoms with Gasteiger partial charge in [-0.05, 0) is 24.3 Å². The zero-order chi connectivity index (χ0) is 48.5. The topological polar surface area (TPSA) is 3.24 Å². The second-order valence-electron chi connectivity index (χ2n) is 18.6. The van der Waals surface area contributed by atoms with Crippen LogP contribution in [0.3, 0.4) is 0 Å². The van der Waals surface area contributed by atoms with E-state index in [2.05, 4.69) is 90.1 Å². The number of halogens is 6. The summed E-state index contributed by atoms with van der Waals surface area (Å²) in [5.41, 5.74) is -1.26. The van der Waals surface area contributed by atoms with E-state index in [1.54, 1.807) is 0 Å². The average Bonchev–Trinajstić information content (AvgIpc) is 3.34. The Hall–Kier alpha value is -3.23. The summed E-state index contributed by atoms with van der Waals surface area (Å²) in [4.78, 5) is 0. The third-order valence-electron chi connectivity index (χ3n) is 13.7. The molecule has 5 rings (SSSR count). The van der Waals surface area contributed by atoms with Crippen LogP contribution >= 0.6 is 16.1 Å². The monoisotopic (exact) mass is 993 g/mol. The Morgan fingerprint density at radius 3 is 0.970 bits per heavy atom. The second-order valence-corrected chi connectivity index (χ2v) is 32.2. The number of alkyl halides is 6. The van der Waals surface area contributed by atoms with E-state index in [-0.39, 0.29) is 10.6 Å². The number of hydrogen-bond donors (Lipinski definition) is 0. The summed E-state index contributed by atoms with van der Waals surface area (Å²) < 4.78 is 94.4. The van der Waals surface area contributed by atoms with Gasteiger partial charge in [-0.3, -0.25) is 0 Å². The van der Waals surface area contributed by atoms with Gasteiger partial charge < -0.3 is 4.44 Å². The van der Waals surface area contributed by atoms with Gasteiger partial charge in [0.2, 0.25) is 0 Å². The molecule has 0 amide bonds. The van der Waals surface area contributed by atoms with Crippen LogP contribution in [0.25, 0.3) is 0 Å². The molecule has 0 atom stereocenters. The zero-order valence-corrected chi connectivity index (χ0v) is 44.8. The summed E-state index contributed by atoms with van der Waals surface area (Å²) in [7, 11) is -8.21. The van der Waals surface area contributed by atoms with E-state index in [4.69, 9.17) is 0 Å². The maximum Gasteiger partial charge on any atom is 0.417 e. The number of benzene rings is 5. The number of unbranched alkanes of at least 4 members (excludes halogenated alkanes) is 6. The summed E-state index contributed by atoms with van der Waals surface area (Å²) in [6.07, 6.45) is 4.14. The van der Waals surface area contributed by atoms with Crippen LogP contribution in [0.2, 0.25) is 36.3 Å². The molecule has 0 radical (unpaired) electrons. The van der Waals surface area contributed by atoms with Crippen LogP contribution in [-0.2, 0) is 12.4 Å². The lowest BCUT2D eigenvalue weighted by Crippen LogP contribution is -2.48. The lowest BCUT2D eigenvalue weighted by Gasteiger charge is -2.42. The van der Waals surface area contributed by atoms with Gasteiger partial charge in [-0.15, -0.1) is 0 Å². The highest BCUT2D eigenvalue weighted by atomic mass is 31.2. The van der Waals surface area contributed by atoms with Crippen LogP contribution in [0.1, 0.15) is 130 Å². The lowest BCUT2D eigenvalue weighted by atomic mass is 10.2. The molecule has 0 spiro atoms. The van der Waals surface area contributed by atoms with Gasteiger partial charge in [0.15, 0.2) is 0 Å². The Labute approximate surface area is 404 Å². The molecule has 0 fully saturated rings. The van der Waals surface area contributed by atoms with Crippen molar-refractivity contribution in [1.29, 1.82) is 0 Å². The number of anilines is 1. The standard InChI is InChI=1S/C56H75F6NP2Si2/c1-7-13-40-66(41-14-8-2,42-15-9-3)49-36-32-47(33-37-49)64(48-34-38-50(39-35-48)67(43-16-10-4,44-17-11-5)45-18-12-6)63(46-26-20-19-21-27-46)65(53-30-24-22-28-51(53)55(57,58)59)54-31-25-23-29-52(54)56(60,61)62/h19-39H,7-18,40-45H2,1-6H3. The van der Waals surface area contributed by atoms with Crippen LogP contribution in [-0.4, -0.2) is 16.1 Å². The van der Waals surface area contributed by atoms with Crippen molar-refractivity contribution in [3.63, 3.8) is 0 Å². The molecular formula is C56H75F6NP2Si2. The first-order chi connectivity index (χ1) is 32.2. The largest absolute Gasteiger partial charge is 0.417 e. The minimum atomic E-state index is -4.81. The van der Waals surface area contributed by atoms with E-state index < -0.39 is 55.8 Å². The van der Waals surface area contributed by atoms with Crippen LogP contribution in [0.15, 0.2) is 127 Å². The molecule has 0 heterocycles. The predicted molar refractivity (Wildman–Crippen MR) is 286 cm³/mol. The minimum Gasteiger partial charge on any atom is -0.313 e. The first-order valence-electron chi connectivity index (χ1n) is 25.2. The third-order valence-corrected chi connectivity index (χ3v) is 30.3. The quantitative estimate of drug-likeness (QED) is 0.0288. The van der Waals surface area contributed by atoms with E-state index in [0.29, 0.717) is 5.69 Å². The molecule has 364 valence electrons. The van der Waals surface area contributed by atoms with E-state index in [1.807, 2.05) is 34.8 Å². The van der Waals surface area contributed by atoms with Crippen LogP contribution in [0.4, 0.5) is 32.0 Å². The van der Waals surface area contributed by atoms with Crippen molar-refractivity contribution in [3.05, 3.63) is 139 Å². The van der Waals surface area contributed by atoms with Crippen LogP contribution in [0.5, 0.6) is 0 Å². The first-order valence-corrected chi connectivity index (χ1v) is 33.1. The average molecular weight is 994 g/mol. The van der Waals surface area contributed by atoms with Gasteiger partial charge in [-0.1, -0.05) is 268 Å². The maximum atomic E-state index is 15.4. The van der Waals surface area contributed by atoms with E-state index in [9.17, 15) is 0 Å². The van der Waals surface area contributed by atoms with Crippen molar-refractivity contribution in [2.75, 3.05) is 4.44 Å². The van der Waals surface area contributed by atoms with Crippen LogP contribution < -0.4 is 36.0 Å². The van der Waals surface area contributed by atoms with Gasteiger partial charge in [0.05, 0.1) is 43.4 Å². The SMILES string of the molecule is CCCC[Si](CCCC)(CCCC)c1ccc(P(c2ccc([Si](CCCC)(CCCC)CCCC)cc2)N(c2ccccc2)P(c2ccccc2C(F)(F)F)c2ccccc2C(F)(F)F)cc1. The molecule has 0 bridgehead atoms. The van der Waals surface area contributed by atoms with E-state index >= 15 is 26.3 Å². The number of nitrogens with zero attached hydrogens (tertiary/aromatic N) is 1. The van der Waals surface area contributed by atoms with Crippen molar-refractivity contribution in [2.24, 2.45) is 0 Å². The van der Waals surface area contributed by atoms with Crippen molar-refractivity contribution < 1.29 is 26.3 Å². The fourth-order valence-electron chi connectivity index (χ4n) is 10.00. The van der Waals surface area contributed by atoms with Crippen LogP contribution in [0, 0.1) is 0 Å². The summed E-state index contributed by atoms with van der Waals surface area (Å²) in [6.45, 7) is 13.6. The molecule has 1 nitrogen and oxygen atoms in total. The zero-order valence-electron chi connectivity index (χ0n) is 41.0. The Balaban J connectivity index is 1.90. The minimum absolute atomic E-state index is 0.151. The van der Waals surface area contributed by atoms with Gasteiger partial charge in [0, 0.05) is 26.9 Å².